The van der Waals surface area contributed by atoms with Crippen molar-refractivity contribution in [3.8, 4) is 5.75 Å². The van der Waals surface area contributed by atoms with Gasteiger partial charge in [0.25, 0.3) is 5.91 Å². The Bertz CT molecular complexity index is 1310. The highest BCUT2D eigenvalue weighted by Gasteiger charge is 2.39. The van der Waals surface area contributed by atoms with Crippen molar-refractivity contribution in [2.45, 2.75) is 37.1 Å². The number of hydrazone groups is 1. The predicted octanol–water partition coefficient (Wildman–Crippen LogP) is 4.59. The highest BCUT2D eigenvalue weighted by molar-refractivity contribution is 7.89. The van der Waals surface area contributed by atoms with Crippen molar-refractivity contribution in [3.63, 3.8) is 0 Å². The third-order valence-corrected chi connectivity index (χ3v) is 7.86. The maximum atomic E-state index is 13.1. The molecule has 3 aromatic carbocycles. The molecule has 34 heavy (non-hydrogen) atoms. The summed E-state index contributed by atoms with van der Waals surface area (Å²) in [5.74, 6) is 0.203. The molecule has 0 spiro atoms. The van der Waals surface area contributed by atoms with Crippen LogP contribution in [0.1, 0.15) is 31.7 Å². The van der Waals surface area contributed by atoms with E-state index in [0.29, 0.717) is 30.2 Å². The van der Waals surface area contributed by atoms with Gasteiger partial charge in [-0.15, -0.1) is 0 Å². The fourth-order valence-electron chi connectivity index (χ4n) is 4.01. The molecular formula is C25H26ClN3O4S. The molecule has 0 bridgehead atoms. The number of sulfonamides is 1. The molecule has 0 saturated carbocycles. The number of carbonyl (C=O) groups is 1. The van der Waals surface area contributed by atoms with Gasteiger partial charge in [-0.25, -0.2) is 13.8 Å². The molecule has 4 rings (SSSR count). The average molecular weight is 500 g/mol. The van der Waals surface area contributed by atoms with E-state index in [0.717, 1.165) is 22.8 Å². The number of benzene rings is 3. The van der Waals surface area contributed by atoms with E-state index in [1.165, 1.54) is 28.6 Å². The summed E-state index contributed by atoms with van der Waals surface area (Å²) in [4.78, 5) is 13.0. The summed E-state index contributed by atoms with van der Waals surface area (Å²) < 4.78 is 33.3. The molecule has 178 valence electrons. The van der Waals surface area contributed by atoms with E-state index in [2.05, 4.69) is 10.5 Å². The summed E-state index contributed by atoms with van der Waals surface area (Å²) in [5, 5.41) is 6.58. The van der Waals surface area contributed by atoms with Crippen LogP contribution in [-0.2, 0) is 14.8 Å². The summed E-state index contributed by atoms with van der Waals surface area (Å²) in [7, 11) is -3.83. The molecule has 1 heterocycles. The minimum absolute atomic E-state index is 0.105. The van der Waals surface area contributed by atoms with Gasteiger partial charge in [-0.1, -0.05) is 48.9 Å². The van der Waals surface area contributed by atoms with Crippen LogP contribution in [0.15, 0.2) is 70.7 Å². The zero-order valence-electron chi connectivity index (χ0n) is 18.8. The molecule has 1 aliphatic heterocycles. The first-order valence-electron chi connectivity index (χ1n) is 11.2. The van der Waals surface area contributed by atoms with Crippen molar-refractivity contribution in [2.75, 3.05) is 13.2 Å². The molecule has 1 atom stereocenters. The minimum Gasteiger partial charge on any atom is -0.493 e. The molecule has 1 saturated heterocycles. The second kappa shape index (κ2) is 10.5. The monoisotopic (exact) mass is 499 g/mol. The fraction of sp³-hybridized carbons (Fsp3) is 0.280. The zero-order chi connectivity index (χ0) is 24.1. The first-order valence-corrected chi connectivity index (χ1v) is 13.0. The molecule has 3 aromatic rings. The largest absolute Gasteiger partial charge is 0.493 e. The molecule has 0 aliphatic carbocycles. The molecule has 1 N–H and O–H groups in total. The quantitative estimate of drug-likeness (QED) is 0.363. The van der Waals surface area contributed by atoms with Crippen LogP contribution in [0.5, 0.6) is 5.75 Å². The molecule has 1 aliphatic rings. The van der Waals surface area contributed by atoms with E-state index in [-0.39, 0.29) is 11.4 Å². The van der Waals surface area contributed by atoms with Gasteiger partial charge >= 0.3 is 0 Å². The predicted molar refractivity (Wildman–Crippen MR) is 134 cm³/mol. The molecule has 0 radical (unpaired) electrons. The second-order valence-electron chi connectivity index (χ2n) is 8.01. The summed E-state index contributed by atoms with van der Waals surface area (Å²) >= 11 is 5.89. The Morgan fingerprint density at radius 3 is 2.71 bits per heavy atom. The number of halogens is 1. The summed E-state index contributed by atoms with van der Waals surface area (Å²) in [5.41, 5.74) is 3.29. The fourth-order valence-corrected chi connectivity index (χ4v) is 5.80. The molecule has 0 aromatic heterocycles. The molecule has 1 amide bonds. The summed E-state index contributed by atoms with van der Waals surface area (Å²) in [6.07, 6.45) is 3.43. The number of rotatable bonds is 8. The molecule has 1 fully saturated rings. The van der Waals surface area contributed by atoms with Crippen molar-refractivity contribution in [3.05, 3.63) is 71.2 Å². The Balaban J connectivity index is 1.54. The van der Waals surface area contributed by atoms with Gasteiger partial charge in [0.1, 0.15) is 11.8 Å². The van der Waals surface area contributed by atoms with Crippen LogP contribution in [0.3, 0.4) is 0 Å². The Labute approximate surface area is 204 Å². The number of ether oxygens (including phenoxy) is 1. The van der Waals surface area contributed by atoms with Crippen LogP contribution in [-0.4, -0.2) is 44.0 Å². The van der Waals surface area contributed by atoms with Crippen LogP contribution in [0.4, 0.5) is 0 Å². The van der Waals surface area contributed by atoms with Gasteiger partial charge in [0, 0.05) is 17.1 Å². The maximum absolute atomic E-state index is 13.1. The summed E-state index contributed by atoms with van der Waals surface area (Å²) in [6.45, 7) is 2.86. The third kappa shape index (κ3) is 5.09. The van der Waals surface area contributed by atoms with Crippen LogP contribution in [0.25, 0.3) is 10.8 Å². The lowest BCUT2D eigenvalue weighted by Gasteiger charge is -2.22. The topological polar surface area (TPSA) is 88.1 Å². The normalized spacial score (nSPS) is 16.8. The van der Waals surface area contributed by atoms with E-state index >= 15 is 0 Å². The van der Waals surface area contributed by atoms with Crippen molar-refractivity contribution in [1.29, 1.82) is 0 Å². The van der Waals surface area contributed by atoms with Gasteiger partial charge < -0.3 is 4.74 Å². The minimum atomic E-state index is -3.83. The Morgan fingerprint density at radius 2 is 1.94 bits per heavy atom. The lowest BCUT2D eigenvalue weighted by atomic mass is 10.0. The number of fused-ring (bicyclic) bond motifs is 1. The Morgan fingerprint density at radius 1 is 1.18 bits per heavy atom. The molecular weight excluding hydrogens is 474 g/mol. The van der Waals surface area contributed by atoms with Crippen LogP contribution in [0.2, 0.25) is 5.02 Å². The van der Waals surface area contributed by atoms with Gasteiger partial charge in [0.15, 0.2) is 0 Å². The van der Waals surface area contributed by atoms with Crippen molar-refractivity contribution >= 4 is 44.5 Å². The van der Waals surface area contributed by atoms with Crippen LogP contribution in [0, 0.1) is 0 Å². The van der Waals surface area contributed by atoms with Crippen LogP contribution >= 0.6 is 11.6 Å². The number of nitrogens with one attached hydrogen (secondary N) is 1. The molecule has 0 unspecified atom stereocenters. The summed E-state index contributed by atoms with van der Waals surface area (Å²) in [6, 6.07) is 16.8. The van der Waals surface area contributed by atoms with Crippen LogP contribution < -0.4 is 10.2 Å². The zero-order valence-corrected chi connectivity index (χ0v) is 20.3. The highest BCUT2D eigenvalue weighted by atomic mass is 35.5. The van der Waals surface area contributed by atoms with Gasteiger partial charge in [-0.05, 0) is 60.4 Å². The lowest BCUT2D eigenvalue weighted by Crippen LogP contribution is -2.44. The molecule has 9 heteroatoms. The highest BCUT2D eigenvalue weighted by Crippen LogP contribution is 2.28. The van der Waals surface area contributed by atoms with Crippen molar-refractivity contribution < 1.29 is 17.9 Å². The SMILES string of the molecule is CCCOc1ccc2ccccc2c1/C=N\NC(=O)[C@H]1CCCN1S(=O)(=O)c1ccc(Cl)cc1. The van der Waals surface area contributed by atoms with E-state index in [1.54, 1.807) is 6.21 Å². The van der Waals surface area contributed by atoms with Gasteiger partial charge in [-0.2, -0.15) is 9.41 Å². The number of carbonyl (C=O) groups excluding carboxylic acids is 1. The Hall–Kier alpha value is -2.94. The Kier molecular flexibility index (Phi) is 7.50. The van der Waals surface area contributed by atoms with E-state index in [1.807, 2.05) is 43.3 Å². The van der Waals surface area contributed by atoms with Gasteiger partial charge in [0.05, 0.1) is 17.7 Å². The average Bonchev–Trinajstić information content (AvgIpc) is 3.35. The first kappa shape index (κ1) is 24.2. The number of nitrogens with zero attached hydrogens (tertiary/aromatic N) is 2. The van der Waals surface area contributed by atoms with Gasteiger partial charge in [0.2, 0.25) is 10.0 Å². The van der Waals surface area contributed by atoms with Crippen molar-refractivity contribution in [1.82, 2.24) is 9.73 Å². The number of hydrogen-bond donors (Lipinski definition) is 1. The lowest BCUT2D eigenvalue weighted by molar-refractivity contribution is -0.124. The first-order chi connectivity index (χ1) is 16.4. The second-order valence-corrected chi connectivity index (χ2v) is 10.3. The maximum Gasteiger partial charge on any atom is 0.258 e. The van der Waals surface area contributed by atoms with Gasteiger partial charge in [-0.3, -0.25) is 4.79 Å². The van der Waals surface area contributed by atoms with Crippen molar-refractivity contribution in [2.24, 2.45) is 5.10 Å². The smallest absolute Gasteiger partial charge is 0.258 e. The number of hydrogen-bond acceptors (Lipinski definition) is 5. The standard InChI is InChI=1S/C25H26ClN3O4S/c1-2-16-33-24-14-9-18-6-3-4-7-21(18)22(24)17-27-28-25(30)23-8-5-15-29(23)34(31,32)20-12-10-19(26)11-13-20/h3-4,6-7,9-14,17,23H,2,5,8,15-16H2,1H3,(H,28,30)/b27-17-/t23-/m1/s1. The van der Waals surface area contributed by atoms with E-state index in [9.17, 15) is 13.2 Å². The molecule has 7 nitrogen and oxygen atoms in total. The van der Waals surface area contributed by atoms with E-state index < -0.39 is 22.0 Å². The third-order valence-electron chi connectivity index (χ3n) is 5.69. The van der Waals surface area contributed by atoms with E-state index in [4.69, 9.17) is 16.3 Å². The number of amides is 1.